The summed E-state index contributed by atoms with van der Waals surface area (Å²) in [6.07, 6.45) is 7.65. The molecule has 5 nitrogen and oxygen atoms in total. The molecule has 0 radical (unpaired) electrons. The minimum absolute atomic E-state index is 0.0958. The lowest BCUT2D eigenvalue weighted by atomic mass is 9.96. The van der Waals surface area contributed by atoms with Crippen LogP contribution < -0.4 is 10.6 Å². The van der Waals surface area contributed by atoms with E-state index in [9.17, 15) is 4.79 Å². The molecule has 6 heteroatoms. The molecule has 2 amide bonds. The van der Waals surface area contributed by atoms with Crippen LogP contribution in [0.25, 0.3) is 11.4 Å². The van der Waals surface area contributed by atoms with Crippen molar-refractivity contribution in [2.45, 2.75) is 44.7 Å². The van der Waals surface area contributed by atoms with Gasteiger partial charge < -0.3 is 10.6 Å². The molecular formula is C16H20N4OS. The number of thiazole rings is 1. The number of carbonyl (C=O) groups excluding carboxylic acids is 1. The molecule has 2 heterocycles. The molecule has 1 aliphatic carbocycles. The molecule has 0 spiro atoms. The van der Waals surface area contributed by atoms with Crippen LogP contribution in [0.3, 0.4) is 0 Å². The average Bonchev–Trinajstić information content (AvgIpc) is 3.04. The van der Waals surface area contributed by atoms with Crippen molar-refractivity contribution in [2.24, 2.45) is 0 Å². The number of carbonyl (C=O) groups is 1. The average molecular weight is 316 g/mol. The van der Waals surface area contributed by atoms with Crippen LogP contribution in [-0.2, 0) is 6.54 Å². The van der Waals surface area contributed by atoms with E-state index < -0.39 is 0 Å². The first-order valence-electron chi connectivity index (χ1n) is 7.71. The van der Waals surface area contributed by atoms with Gasteiger partial charge in [-0.05, 0) is 25.0 Å². The molecule has 0 saturated heterocycles. The number of pyridine rings is 1. The van der Waals surface area contributed by atoms with Crippen LogP contribution in [0.4, 0.5) is 4.79 Å². The number of rotatable bonds is 4. The van der Waals surface area contributed by atoms with Crippen LogP contribution in [0.1, 0.15) is 37.1 Å². The third kappa shape index (κ3) is 4.04. The highest BCUT2D eigenvalue weighted by Gasteiger charge is 2.15. The van der Waals surface area contributed by atoms with Crippen LogP contribution in [0, 0.1) is 0 Å². The summed E-state index contributed by atoms with van der Waals surface area (Å²) in [6, 6.07) is 5.99. The first kappa shape index (κ1) is 15.0. The minimum Gasteiger partial charge on any atom is -0.335 e. The quantitative estimate of drug-likeness (QED) is 0.909. The predicted octanol–water partition coefficient (Wildman–Crippen LogP) is 3.34. The summed E-state index contributed by atoms with van der Waals surface area (Å²) in [7, 11) is 0. The zero-order valence-electron chi connectivity index (χ0n) is 12.4. The van der Waals surface area contributed by atoms with E-state index >= 15 is 0 Å². The van der Waals surface area contributed by atoms with Crippen molar-refractivity contribution in [3.63, 3.8) is 0 Å². The molecule has 0 aromatic carbocycles. The van der Waals surface area contributed by atoms with Crippen molar-refractivity contribution in [1.29, 1.82) is 0 Å². The second-order valence-electron chi connectivity index (χ2n) is 5.50. The Morgan fingerprint density at radius 1 is 1.23 bits per heavy atom. The number of amides is 2. The predicted molar refractivity (Wildman–Crippen MR) is 87.6 cm³/mol. The van der Waals surface area contributed by atoms with E-state index in [1.54, 1.807) is 6.20 Å². The molecular weight excluding hydrogens is 296 g/mol. The number of nitrogens with zero attached hydrogens (tertiary/aromatic N) is 2. The Balaban J connectivity index is 1.49. The Hall–Kier alpha value is -1.95. The summed E-state index contributed by atoms with van der Waals surface area (Å²) in [5.41, 5.74) is 1.71. The maximum Gasteiger partial charge on any atom is 0.315 e. The molecule has 1 aliphatic rings. The molecule has 0 atom stereocenters. The third-order valence-electron chi connectivity index (χ3n) is 3.82. The summed E-state index contributed by atoms with van der Waals surface area (Å²) < 4.78 is 0. The van der Waals surface area contributed by atoms with E-state index in [0.29, 0.717) is 12.6 Å². The summed E-state index contributed by atoms with van der Waals surface area (Å²) in [4.78, 5) is 20.7. The molecule has 1 saturated carbocycles. The first-order chi connectivity index (χ1) is 10.8. The first-order valence-corrected chi connectivity index (χ1v) is 8.59. The van der Waals surface area contributed by atoms with Gasteiger partial charge in [-0.3, -0.25) is 4.98 Å². The normalized spacial score (nSPS) is 15.5. The zero-order chi connectivity index (χ0) is 15.2. The Morgan fingerprint density at radius 3 is 2.86 bits per heavy atom. The van der Waals surface area contributed by atoms with Gasteiger partial charge in [-0.25, -0.2) is 9.78 Å². The fraction of sp³-hybridized carbons (Fsp3) is 0.438. The number of nitrogens with one attached hydrogen (secondary N) is 2. The Bertz CT molecular complexity index is 608. The highest BCUT2D eigenvalue weighted by Crippen LogP contribution is 2.19. The second-order valence-corrected chi connectivity index (χ2v) is 6.45. The Kier molecular flexibility index (Phi) is 5.00. The van der Waals surface area contributed by atoms with E-state index in [2.05, 4.69) is 20.6 Å². The molecule has 2 aromatic heterocycles. The lowest BCUT2D eigenvalue weighted by molar-refractivity contribution is 0.232. The molecule has 2 N–H and O–H groups in total. The summed E-state index contributed by atoms with van der Waals surface area (Å²) in [5.74, 6) is 0. The molecule has 0 bridgehead atoms. The third-order valence-corrected chi connectivity index (χ3v) is 4.67. The monoisotopic (exact) mass is 316 g/mol. The highest BCUT2D eigenvalue weighted by atomic mass is 32.1. The van der Waals surface area contributed by atoms with Crippen LogP contribution >= 0.6 is 11.3 Å². The molecule has 116 valence electrons. The van der Waals surface area contributed by atoms with Crippen LogP contribution in [0.2, 0.25) is 0 Å². The molecule has 2 aromatic rings. The van der Waals surface area contributed by atoms with E-state index in [0.717, 1.165) is 29.2 Å². The maximum atomic E-state index is 11.9. The zero-order valence-corrected chi connectivity index (χ0v) is 13.2. The van der Waals surface area contributed by atoms with Gasteiger partial charge in [-0.2, -0.15) is 0 Å². The van der Waals surface area contributed by atoms with E-state index in [-0.39, 0.29) is 6.03 Å². The summed E-state index contributed by atoms with van der Waals surface area (Å²) in [6.45, 7) is 0.454. The number of hydrogen-bond acceptors (Lipinski definition) is 4. The van der Waals surface area contributed by atoms with Gasteiger partial charge in [0, 0.05) is 17.6 Å². The lowest BCUT2D eigenvalue weighted by Gasteiger charge is -2.22. The Morgan fingerprint density at radius 2 is 2.09 bits per heavy atom. The van der Waals surface area contributed by atoms with Gasteiger partial charge in [0.05, 0.1) is 17.9 Å². The van der Waals surface area contributed by atoms with Gasteiger partial charge in [0.15, 0.2) is 0 Å². The lowest BCUT2D eigenvalue weighted by Crippen LogP contribution is -2.42. The molecule has 0 unspecified atom stereocenters. The fourth-order valence-corrected chi connectivity index (χ4v) is 3.39. The number of urea groups is 1. The van der Waals surface area contributed by atoms with Gasteiger partial charge in [0.25, 0.3) is 0 Å². The smallest absolute Gasteiger partial charge is 0.315 e. The molecule has 0 aliphatic heterocycles. The van der Waals surface area contributed by atoms with Crippen molar-refractivity contribution < 1.29 is 4.79 Å². The molecule has 3 rings (SSSR count). The van der Waals surface area contributed by atoms with Gasteiger partial charge in [-0.15, -0.1) is 11.3 Å². The van der Waals surface area contributed by atoms with Crippen molar-refractivity contribution in [1.82, 2.24) is 20.6 Å². The van der Waals surface area contributed by atoms with Crippen LogP contribution in [0.15, 0.2) is 29.8 Å². The van der Waals surface area contributed by atoms with Gasteiger partial charge in [0.1, 0.15) is 5.01 Å². The van der Waals surface area contributed by atoms with Gasteiger partial charge in [-0.1, -0.05) is 25.3 Å². The van der Waals surface area contributed by atoms with Crippen LogP contribution in [0.5, 0.6) is 0 Å². The maximum absolute atomic E-state index is 11.9. The van der Waals surface area contributed by atoms with E-state index in [4.69, 9.17) is 0 Å². The van der Waals surface area contributed by atoms with Crippen molar-refractivity contribution >= 4 is 17.4 Å². The SMILES string of the molecule is O=C(NCc1nc(-c2ccccn2)cs1)NC1CCCCC1. The summed E-state index contributed by atoms with van der Waals surface area (Å²) in [5, 5.41) is 8.79. The van der Waals surface area contributed by atoms with Crippen molar-refractivity contribution in [3.8, 4) is 11.4 Å². The molecule has 22 heavy (non-hydrogen) atoms. The fourth-order valence-electron chi connectivity index (χ4n) is 2.66. The number of aromatic nitrogens is 2. The van der Waals surface area contributed by atoms with Gasteiger partial charge in [0.2, 0.25) is 0 Å². The van der Waals surface area contributed by atoms with E-state index in [1.165, 1.54) is 30.6 Å². The second kappa shape index (κ2) is 7.35. The van der Waals surface area contributed by atoms with Gasteiger partial charge >= 0.3 is 6.03 Å². The van der Waals surface area contributed by atoms with Crippen LogP contribution in [-0.4, -0.2) is 22.0 Å². The standard InChI is InChI=1S/C16H20N4OS/c21-16(19-12-6-2-1-3-7-12)18-10-15-20-14(11-22-15)13-8-4-5-9-17-13/h4-5,8-9,11-12H,1-3,6-7,10H2,(H2,18,19,21). The van der Waals surface area contributed by atoms with E-state index in [1.807, 2.05) is 23.6 Å². The molecule has 1 fully saturated rings. The Labute approximate surface area is 134 Å². The minimum atomic E-state index is -0.0958. The topological polar surface area (TPSA) is 66.9 Å². The summed E-state index contributed by atoms with van der Waals surface area (Å²) >= 11 is 1.54. The van der Waals surface area contributed by atoms with Crippen molar-refractivity contribution in [3.05, 3.63) is 34.8 Å². The van der Waals surface area contributed by atoms with Crippen molar-refractivity contribution in [2.75, 3.05) is 0 Å². The largest absolute Gasteiger partial charge is 0.335 e. The highest BCUT2D eigenvalue weighted by molar-refractivity contribution is 7.09. The number of hydrogen-bond donors (Lipinski definition) is 2.